The molecule has 1 unspecified atom stereocenters. The zero-order chi connectivity index (χ0) is 11.5. The largest absolute Gasteiger partial charge is 0.359 e. The Morgan fingerprint density at radius 3 is 2.60 bits per heavy atom. The minimum absolute atomic E-state index is 0.500. The lowest BCUT2D eigenvalue weighted by Gasteiger charge is -2.30. The average molecular weight is 235 g/mol. The number of nitrogens with zero attached hydrogens (tertiary/aromatic N) is 1. The van der Waals surface area contributed by atoms with Crippen LogP contribution in [-0.4, -0.2) is 42.9 Å². The van der Waals surface area contributed by atoms with E-state index < -0.39 is 0 Å². The summed E-state index contributed by atoms with van der Waals surface area (Å²) >= 11 is 5.79. The van der Waals surface area contributed by atoms with Crippen molar-refractivity contribution in [3.05, 3.63) is 0 Å². The van der Waals surface area contributed by atoms with Gasteiger partial charge in [0.1, 0.15) is 0 Å². The van der Waals surface area contributed by atoms with Crippen molar-refractivity contribution in [3.63, 3.8) is 0 Å². The summed E-state index contributed by atoms with van der Waals surface area (Å²) in [6, 6.07) is 0.500. The van der Waals surface area contributed by atoms with E-state index in [2.05, 4.69) is 24.1 Å². The van der Waals surface area contributed by atoms with Crippen LogP contribution in [0.5, 0.6) is 0 Å². The van der Waals surface area contributed by atoms with Gasteiger partial charge in [-0.3, -0.25) is 4.79 Å². The SMILES string of the molecule is CCCN(CC)C(CCCl)CCNC=O. The first kappa shape index (κ1) is 14.7. The molecule has 1 atom stereocenters. The van der Waals surface area contributed by atoms with Crippen molar-refractivity contribution in [3.8, 4) is 0 Å². The van der Waals surface area contributed by atoms with E-state index in [-0.39, 0.29) is 0 Å². The normalized spacial score (nSPS) is 12.8. The highest BCUT2D eigenvalue weighted by molar-refractivity contribution is 6.17. The topological polar surface area (TPSA) is 32.3 Å². The molecule has 1 N–H and O–H groups in total. The molecule has 0 aliphatic rings. The molecule has 0 aromatic heterocycles. The van der Waals surface area contributed by atoms with Gasteiger partial charge >= 0.3 is 0 Å². The lowest BCUT2D eigenvalue weighted by molar-refractivity contribution is -0.109. The Bertz CT molecular complexity index is 156. The standard InChI is InChI=1S/C11H23ClN2O/c1-3-9-14(4-2)11(5-7-12)6-8-13-10-15/h10-11H,3-9H2,1-2H3,(H,13,15). The number of hydrogen-bond acceptors (Lipinski definition) is 2. The quantitative estimate of drug-likeness (QED) is 0.356. The molecule has 0 heterocycles. The van der Waals surface area contributed by atoms with Crippen LogP contribution in [0.25, 0.3) is 0 Å². The van der Waals surface area contributed by atoms with Crippen LogP contribution in [0.15, 0.2) is 0 Å². The molecule has 0 saturated heterocycles. The maximum absolute atomic E-state index is 10.2. The van der Waals surface area contributed by atoms with Gasteiger partial charge in [0.2, 0.25) is 6.41 Å². The van der Waals surface area contributed by atoms with Gasteiger partial charge in [-0.15, -0.1) is 11.6 Å². The number of halogens is 1. The van der Waals surface area contributed by atoms with Gasteiger partial charge in [-0.25, -0.2) is 0 Å². The second-order valence-electron chi connectivity index (χ2n) is 3.62. The molecule has 0 aliphatic heterocycles. The Balaban J connectivity index is 4.00. The molecule has 4 heteroatoms. The van der Waals surface area contributed by atoms with Crippen molar-refractivity contribution in [1.29, 1.82) is 0 Å². The molecule has 15 heavy (non-hydrogen) atoms. The third kappa shape index (κ3) is 6.74. The first-order valence-electron chi connectivity index (χ1n) is 5.77. The summed E-state index contributed by atoms with van der Waals surface area (Å²) in [4.78, 5) is 12.6. The summed E-state index contributed by atoms with van der Waals surface area (Å²) in [5.41, 5.74) is 0. The van der Waals surface area contributed by atoms with E-state index in [1.54, 1.807) is 0 Å². The van der Waals surface area contributed by atoms with Crippen LogP contribution in [0.2, 0.25) is 0 Å². The lowest BCUT2D eigenvalue weighted by Crippen LogP contribution is -2.38. The molecule has 1 amide bonds. The molecule has 0 rings (SSSR count). The Labute approximate surface area is 98.2 Å². The van der Waals surface area contributed by atoms with Crippen LogP contribution < -0.4 is 5.32 Å². The van der Waals surface area contributed by atoms with Gasteiger partial charge < -0.3 is 10.2 Å². The average Bonchev–Trinajstić information content (AvgIpc) is 2.25. The number of nitrogens with one attached hydrogen (secondary N) is 1. The molecule has 90 valence electrons. The predicted octanol–water partition coefficient (Wildman–Crippen LogP) is 1.85. The van der Waals surface area contributed by atoms with E-state index in [0.717, 1.165) is 45.3 Å². The monoisotopic (exact) mass is 234 g/mol. The van der Waals surface area contributed by atoms with Gasteiger partial charge in [0.25, 0.3) is 0 Å². The minimum Gasteiger partial charge on any atom is -0.359 e. The molecule has 0 aliphatic carbocycles. The van der Waals surface area contributed by atoms with E-state index >= 15 is 0 Å². The molecule has 0 fully saturated rings. The fourth-order valence-electron chi connectivity index (χ4n) is 1.83. The number of rotatable bonds is 10. The minimum atomic E-state index is 0.500. The van der Waals surface area contributed by atoms with Crippen molar-refractivity contribution in [1.82, 2.24) is 10.2 Å². The van der Waals surface area contributed by atoms with Gasteiger partial charge in [-0.05, 0) is 32.4 Å². The summed E-state index contributed by atoms with van der Waals surface area (Å²) in [5.74, 6) is 0.686. The van der Waals surface area contributed by atoms with E-state index in [9.17, 15) is 4.79 Å². The summed E-state index contributed by atoms with van der Waals surface area (Å²) in [5, 5.41) is 2.71. The molecule has 0 spiro atoms. The zero-order valence-corrected chi connectivity index (χ0v) is 10.6. The molecule has 0 aromatic carbocycles. The van der Waals surface area contributed by atoms with Crippen molar-refractivity contribution in [2.75, 3.05) is 25.5 Å². The fourth-order valence-corrected chi connectivity index (χ4v) is 2.08. The summed E-state index contributed by atoms with van der Waals surface area (Å²) in [7, 11) is 0. The lowest BCUT2D eigenvalue weighted by atomic mass is 10.1. The Hall–Kier alpha value is -0.280. The Morgan fingerprint density at radius 2 is 2.13 bits per heavy atom. The number of amides is 1. The highest BCUT2D eigenvalue weighted by atomic mass is 35.5. The number of hydrogen-bond donors (Lipinski definition) is 1. The van der Waals surface area contributed by atoms with Gasteiger partial charge in [0, 0.05) is 18.5 Å². The summed E-state index contributed by atoms with van der Waals surface area (Å²) in [6.07, 6.45) is 3.90. The first-order chi connectivity index (χ1) is 7.29. The molecule has 0 saturated carbocycles. The first-order valence-corrected chi connectivity index (χ1v) is 6.30. The third-order valence-corrected chi connectivity index (χ3v) is 2.80. The molecule has 0 aromatic rings. The van der Waals surface area contributed by atoms with E-state index in [4.69, 9.17) is 11.6 Å². The predicted molar refractivity (Wildman–Crippen MR) is 65.3 cm³/mol. The molecular weight excluding hydrogens is 212 g/mol. The van der Waals surface area contributed by atoms with E-state index in [1.807, 2.05) is 0 Å². The van der Waals surface area contributed by atoms with E-state index in [1.165, 1.54) is 0 Å². The van der Waals surface area contributed by atoms with Crippen LogP contribution in [0.1, 0.15) is 33.1 Å². The fraction of sp³-hybridized carbons (Fsp3) is 0.909. The maximum Gasteiger partial charge on any atom is 0.207 e. The number of carbonyl (C=O) groups is 1. The second kappa shape index (κ2) is 10.2. The van der Waals surface area contributed by atoms with Crippen LogP contribution in [0.3, 0.4) is 0 Å². The highest BCUT2D eigenvalue weighted by Crippen LogP contribution is 2.10. The third-order valence-electron chi connectivity index (χ3n) is 2.58. The van der Waals surface area contributed by atoms with Crippen LogP contribution >= 0.6 is 11.6 Å². The van der Waals surface area contributed by atoms with E-state index in [0.29, 0.717) is 11.9 Å². The number of alkyl halides is 1. The Morgan fingerprint density at radius 1 is 1.40 bits per heavy atom. The van der Waals surface area contributed by atoms with Crippen molar-refractivity contribution >= 4 is 18.0 Å². The highest BCUT2D eigenvalue weighted by Gasteiger charge is 2.14. The van der Waals surface area contributed by atoms with Gasteiger partial charge in [-0.2, -0.15) is 0 Å². The van der Waals surface area contributed by atoms with Crippen LogP contribution in [-0.2, 0) is 4.79 Å². The molecular formula is C11H23ClN2O. The van der Waals surface area contributed by atoms with Crippen molar-refractivity contribution in [2.45, 2.75) is 39.2 Å². The van der Waals surface area contributed by atoms with Gasteiger partial charge in [0.05, 0.1) is 0 Å². The second-order valence-corrected chi connectivity index (χ2v) is 4.00. The van der Waals surface area contributed by atoms with Crippen molar-refractivity contribution < 1.29 is 4.79 Å². The maximum atomic E-state index is 10.2. The number of carbonyl (C=O) groups excluding carboxylic acids is 1. The molecule has 0 bridgehead atoms. The zero-order valence-electron chi connectivity index (χ0n) is 9.84. The van der Waals surface area contributed by atoms with Crippen molar-refractivity contribution in [2.24, 2.45) is 0 Å². The molecule has 0 radical (unpaired) electrons. The van der Waals surface area contributed by atoms with Gasteiger partial charge in [-0.1, -0.05) is 13.8 Å². The molecule has 3 nitrogen and oxygen atoms in total. The van der Waals surface area contributed by atoms with Gasteiger partial charge in [0.15, 0.2) is 0 Å². The smallest absolute Gasteiger partial charge is 0.207 e. The van der Waals surface area contributed by atoms with Crippen LogP contribution in [0, 0.1) is 0 Å². The summed E-state index contributed by atoms with van der Waals surface area (Å²) < 4.78 is 0. The van der Waals surface area contributed by atoms with Crippen LogP contribution in [0.4, 0.5) is 0 Å². The summed E-state index contributed by atoms with van der Waals surface area (Å²) in [6.45, 7) is 7.26. The Kier molecular flexibility index (Phi) is 10.1.